The fourth-order valence-electron chi connectivity index (χ4n) is 1.48. The van der Waals surface area contributed by atoms with Crippen molar-refractivity contribution in [3.63, 3.8) is 0 Å². The van der Waals surface area contributed by atoms with Gasteiger partial charge in [-0.3, -0.25) is 14.9 Å². The number of halogens is 1. The quantitative estimate of drug-likeness (QED) is 0.374. The molecule has 0 saturated heterocycles. The Labute approximate surface area is 119 Å². The van der Waals surface area contributed by atoms with Crippen LogP contribution in [0.25, 0.3) is 0 Å². The summed E-state index contributed by atoms with van der Waals surface area (Å²) in [7, 11) is -2.94. The highest BCUT2D eigenvalue weighted by atomic mass is 32.2. The lowest BCUT2D eigenvalue weighted by atomic mass is 10.3. The monoisotopic (exact) mass is 320 g/mol. The first kappa shape index (κ1) is 16.8. The van der Waals surface area contributed by atoms with E-state index in [9.17, 15) is 27.7 Å². The molecule has 0 atom stereocenters. The number of nitro groups is 1. The maximum Gasteiger partial charge on any atom is 0.274 e. The molecule has 0 aliphatic heterocycles. The van der Waals surface area contributed by atoms with E-state index in [2.05, 4.69) is 5.32 Å². The summed E-state index contributed by atoms with van der Waals surface area (Å²) in [6.45, 7) is -0.266. The van der Waals surface area contributed by atoms with Crippen LogP contribution in [0.5, 0.6) is 0 Å². The normalized spacial score (nSPS) is 11.1. The summed E-state index contributed by atoms with van der Waals surface area (Å²) in [6.07, 6.45) is -0.149. The first-order valence-electron chi connectivity index (χ1n) is 5.62. The molecule has 0 heterocycles. The summed E-state index contributed by atoms with van der Waals surface area (Å²) >= 11 is 0. The van der Waals surface area contributed by atoms with E-state index in [1.54, 1.807) is 0 Å². The molecular formula is C10H13FN4O5S. The van der Waals surface area contributed by atoms with Crippen LogP contribution in [0, 0.1) is 15.9 Å². The van der Waals surface area contributed by atoms with Gasteiger partial charge in [0.15, 0.2) is 5.82 Å². The van der Waals surface area contributed by atoms with Crippen molar-refractivity contribution in [1.82, 2.24) is 10.0 Å². The van der Waals surface area contributed by atoms with Gasteiger partial charge in [0.2, 0.25) is 15.9 Å². The maximum atomic E-state index is 13.7. The lowest BCUT2D eigenvalue weighted by Crippen LogP contribution is -2.30. The summed E-state index contributed by atoms with van der Waals surface area (Å²) < 4.78 is 39.5. The molecule has 9 nitrogen and oxygen atoms in total. The van der Waals surface area contributed by atoms with Gasteiger partial charge in [-0.25, -0.2) is 17.5 Å². The second-order valence-electron chi connectivity index (χ2n) is 3.92. The zero-order valence-electron chi connectivity index (χ0n) is 10.9. The van der Waals surface area contributed by atoms with Crippen LogP contribution in [-0.2, 0) is 14.8 Å². The molecule has 0 saturated carbocycles. The third kappa shape index (κ3) is 4.10. The number of sulfonamides is 1. The minimum Gasteiger partial charge on any atom is -0.397 e. The smallest absolute Gasteiger partial charge is 0.274 e. The number of amides is 1. The molecule has 0 radical (unpaired) electrons. The molecule has 0 aliphatic rings. The van der Waals surface area contributed by atoms with Gasteiger partial charge in [0.05, 0.1) is 16.7 Å². The van der Waals surface area contributed by atoms with Gasteiger partial charge in [0.1, 0.15) is 4.90 Å². The number of nitrogens with one attached hydrogen (secondary N) is 2. The number of hydrogen-bond acceptors (Lipinski definition) is 6. The fourth-order valence-corrected chi connectivity index (χ4v) is 2.68. The van der Waals surface area contributed by atoms with Gasteiger partial charge in [0, 0.05) is 26.1 Å². The van der Waals surface area contributed by atoms with Crippen LogP contribution < -0.4 is 15.8 Å². The topological polar surface area (TPSA) is 144 Å². The molecule has 4 N–H and O–H groups in total. The van der Waals surface area contributed by atoms with E-state index < -0.39 is 42.9 Å². The van der Waals surface area contributed by atoms with Gasteiger partial charge < -0.3 is 11.1 Å². The number of anilines is 1. The van der Waals surface area contributed by atoms with Crippen LogP contribution in [0.15, 0.2) is 17.0 Å². The lowest BCUT2D eigenvalue weighted by molar-refractivity contribution is -0.385. The molecule has 116 valence electrons. The van der Waals surface area contributed by atoms with E-state index in [-0.39, 0.29) is 13.0 Å². The van der Waals surface area contributed by atoms with Crippen molar-refractivity contribution in [3.05, 3.63) is 28.1 Å². The third-order valence-electron chi connectivity index (χ3n) is 2.46. The summed E-state index contributed by atoms with van der Waals surface area (Å²) in [5.74, 6) is -1.75. The number of nitrogen functional groups attached to an aromatic ring is 1. The summed E-state index contributed by atoms with van der Waals surface area (Å²) in [4.78, 5) is 19.7. The summed E-state index contributed by atoms with van der Waals surface area (Å²) in [6, 6.07) is 1.21. The Kier molecular flexibility index (Phi) is 5.16. The first-order chi connectivity index (χ1) is 9.69. The van der Waals surface area contributed by atoms with Crippen molar-refractivity contribution >= 4 is 27.3 Å². The van der Waals surface area contributed by atoms with Crippen molar-refractivity contribution in [3.8, 4) is 0 Å². The number of non-ortho nitro benzene ring substituents is 1. The van der Waals surface area contributed by atoms with E-state index in [4.69, 9.17) is 5.73 Å². The number of rotatable bonds is 6. The average molecular weight is 320 g/mol. The van der Waals surface area contributed by atoms with Gasteiger partial charge in [-0.2, -0.15) is 0 Å². The van der Waals surface area contributed by atoms with Gasteiger partial charge >= 0.3 is 0 Å². The van der Waals surface area contributed by atoms with Crippen LogP contribution in [0.3, 0.4) is 0 Å². The van der Waals surface area contributed by atoms with Crippen LogP contribution in [0.2, 0.25) is 0 Å². The molecule has 1 aromatic rings. The molecule has 0 unspecified atom stereocenters. The maximum absolute atomic E-state index is 13.7. The highest BCUT2D eigenvalue weighted by Gasteiger charge is 2.25. The Balaban J connectivity index is 3.04. The number of nitrogens with two attached hydrogens (primary N) is 1. The van der Waals surface area contributed by atoms with Gasteiger partial charge in [-0.05, 0) is 0 Å². The van der Waals surface area contributed by atoms with Crippen LogP contribution in [-0.4, -0.2) is 32.8 Å². The minimum absolute atomic E-state index is 0.149. The molecule has 1 amide bonds. The highest BCUT2D eigenvalue weighted by Crippen LogP contribution is 2.27. The number of nitrogens with zero attached hydrogens (tertiary/aromatic N) is 1. The van der Waals surface area contributed by atoms with Crippen molar-refractivity contribution in [2.75, 3.05) is 19.3 Å². The second kappa shape index (κ2) is 6.45. The van der Waals surface area contributed by atoms with Gasteiger partial charge in [-0.1, -0.05) is 0 Å². The standard InChI is InChI=1S/C10H13FN4O5S/c1-13-9(16)2-3-14-21(19,20)10-7(11)4-6(15(17)18)5-8(10)12/h4-5,14H,2-3,12H2,1H3,(H,13,16). The van der Waals surface area contributed by atoms with Crippen LogP contribution in [0.1, 0.15) is 6.42 Å². The predicted molar refractivity (Wildman–Crippen MR) is 71.3 cm³/mol. The number of hydrogen-bond donors (Lipinski definition) is 3. The predicted octanol–water partition coefficient (Wildman–Crippen LogP) is -0.269. The minimum atomic E-state index is -4.32. The van der Waals surface area contributed by atoms with Crippen molar-refractivity contribution in [1.29, 1.82) is 0 Å². The zero-order valence-corrected chi connectivity index (χ0v) is 11.7. The Hall–Kier alpha value is -2.27. The molecular weight excluding hydrogens is 307 g/mol. The van der Waals surface area contributed by atoms with Crippen LogP contribution >= 0.6 is 0 Å². The highest BCUT2D eigenvalue weighted by molar-refractivity contribution is 7.89. The molecule has 0 aromatic heterocycles. The molecule has 0 fully saturated rings. The number of nitro benzene ring substituents is 1. The van der Waals surface area contributed by atoms with Gasteiger partial charge in [0.25, 0.3) is 5.69 Å². The fraction of sp³-hybridized carbons (Fsp3) is 0.300. The van der Waals surface area contributed by atoms with Crippen molar-refractivity contribution < 1.29 is 22.5 Å². The Bertz CT molecular complexity index is 653. The van der Waals surface area contributed by atoms with E-state index in [0.29, 0.717) is 6.07 Å². The van der Waals surface area contributed by atoms with E-state index in [0.717, 1.165) is 6.07 Å². The van der Waals surface area contributed by atoms with Crippen LogP contribution in [0.4, 0.5) is 15.8 Å². The molecule has 21 heavy (non-hydrogen) atoms. The largest absolute Gasteiger partial charge is 0.397 e. The molecule has 0 aliphatic carbocycles. The van der Waals surface area contributed by atoms with E-state index >= 15 is 0 Å². The molecule has 0 spiro atoms. The number of carbonyl (C=O) groups excluding carboxylic acids is 1. The van der Waals surface area contributed by atoms with Gasteiger partial charge in [-0.15, -0.1) is 0 Å². The average Bonchev–Trinajstić information content (AvgIpc) is 2.36. The van der Waals surface area contributed by atoms with Crippen molar-refractivity contribution in [2.45, 2.75) is 11.3 Å². The molecule has 0 bridgehead atoms. The first-order valence-corrected chi connectivity index (χ1v) is 7.11. The molecule has 11 heteroatoms. The number of carbonyl (C=O) groups is 1. The SMILES string of the molecule is CNC(=O)CCNS(=O)(=O)c1c(N)cc([N+](=O)[O-])cc1F. The number of benzene rings is 1. The summed E-state index contributed by atoms with van der Waals surface area (Å²) in [5.41, 5.74) is 4.11. The zero-order chi connectivity index (χ0) is 16.2. The second-order valence-corrected chi connectivity index (χ2v) is 5.63. The Morgan fingerprint density at radius 2 is 2.10 bits per heavy atom. The summed E-state index contributed by atoms with van der Waals surface area (Å²) in [5, 5.41) is 12.8. The Morgan fingerprint density at radius 1 is 1.48 bits per heavy atom. The Morgan fingerprint density at radius 3 is 2.57 bits per heavy atom. The van der Waals surface area contributed by atoms with Crippen molar-refractivity contribution in [2.24, 2.45) is 0 Å². The van der Waals surface area contributed by atoms with E-state index in [1.165, 1.54) is 7.05 Å². The third-order valence-corrected chi connectivity index (χ3v) is 4.01. The lowest BCUT2D eigenvalue weighted by Gasteiger charge is -2.09. The molecule has 1 rings (SSSR count). The van der Waals surface area contributed by atoms with E-state index in [1.807, 2.05) is 4.72 Å². The molecule has 1 aromatic carbocycles.